The first-order chi connectivity index (χ1) is 18.5. The zero-order valence-electron chi connectivity index (χ0n) is 21.8. The van der Waals surface area contributed by atoms with Gasteiger partial charge >= 0.3 is 0 Å². The van der Waals surface area contributed by atoms with E-state index in [4.69, 9.17) is 27.3 Å². The molecule has 38 heavy (non-hydrogen) atoms. The summed E-state index contributed by atoms with van der Waals surface area (Å²) in [6.45, 7) is 7.66. The molecule has 1 aromatic heterocycles. The van der Waals surface area contributed by atoms with Gasteiger partial charge in [-0.25, -0.2) is 0 Å². The van der Waals surface area contributed by atoms with Gasteiger partial charge < -0.3 is 20.3 Å². The van der Waals surface area contributed by atoms with Crippen LogP contribution in [0.4, 0.5) is 5.82 Å². The van der Waals surface area contributed by atoms with Crippen molar-refractivity contribution in [2.24, 2.45) is 11.7 Å². The molecule has 3 heterocycles. The number of rotatable bonds is 7. The number of nitriles is 1. The van der Waals surface area contributed by atoms with Crippen molar-refractivity contribution in [2.75, 3.05) is 50.7 Å². The molecule has 0 atom stereocenters. The van der Waals surface area contributed by atoms with Crippen LogP contribution >= 0.6 is 11.6 Å². The average Bonchev–Trinajstić information content (AvgIpc) is 2.95. The Labute approximate surface area is 229 Å². The van der Waals surface area contributed by atoms with Crippen molar-refractivity contribution in [3.8, 4) is 11.8 Å². The maximum atomic E-state index is 11.2. The number of carbonyl (C=O) groups is 1. The van der Waals surface area contributed by atoms with Gasteiger partial charge in [-0.1, -0.05) is 11.6 Å². The smallest absolute Gasteiger partial charge is 0.269 e. The van der Waals surface area contributed by atoms with E-state index in [9.17, 15) is 4.79 Å². The molecule has 3 fully saturated rings. The molecule has 5 rings (SSSR count). The van der Waals surface area contributed by atoms with Crippen molar-refractivity contribution in [3.63, 3.8) is 0 Å². The molecule has 2 aliphatic heterocycles. The molecule has 0 unspecified atom stereocenters. The fourth-order valence-corrected chi connectivity index (χ4v) is 6.24. The van der Waals surface area contributed by atoms with Crippen molar-refractivity contribution in [1.82, 2.24) is 20.0 Å². The van der Waals surface area contributed by atoms with Gasteiger partial charge in [0.2, 0.25) is 0 Å². The number of piperidine rings is 1. The van der Waals surface area contributed by atoms with Crippen LogP contribution in [-0.4, -0.2) is 83.9 Å². The summed E-state index contributed by atoms with van der Waals surface area (Å²) in [5, 5.41) is 17.6. The number of nitrogens with two attached hydrogens (primary N) is 1. The highest BCUT2D eigenvalue weighted by atomic mass is 35.5. The van der Waals surface area contributed by atoms with Gasteiger partial charge in [0.1, 0.15) is 11.8 Å². The fraction of sp³-hybridized carbons (Fsp3) is 0.571. The van der Waals surface area contributed by atoms with Crippen molar-refractivity contribution in [3.05, 3.63) is 46.6 Å². The van der Waals surface area contributed by atoms with Crippen LogP contribution in [0.25, 0.3) is 0 Å². The van der Waals surface area contributed by atoms with E-state index in [0.29, 0.717) is 22.5 Å². The van der Waals surface area contributed by atoms with Crippen LogP contribution in [0.5, 0.6) is 5.75 Å². The van der Waals surface area contributed by atoms with Gasteiger partial charge in [0, 0.05) is 57.9 Å². The summed E-state index contributed by atoms with van der Waals surface area (Å²) in [7, 11) is 0. The molecule has 0 radical (unpaired) electrons. The second kappa shape index (κ2) is 12.3. The SMILES string of the molecule is N#Cc1ccc(OC2CCC(N3CCN(CC4CCN(c5ccc(C(N)=O)nn5)CC4)CC3)CC2)cc1Cl. The van der Waals surface area contributed by atoms with Gasteiger partial charge in [0.15, 0.2) is 11.5 Å². The minimum absolute atomic E-state index is 0.206. The zero-order valence-corrected chi connectivity index (χ0v) is 22.5. The first-order valence-corrected chi connectivity index (χ1v) is 14.1. The third-order valence-corrected chi connectivity index (χ3v) is 8.60. The monoisotopic (exact) mass is 537 g/mol. The number of hydrogen-bond donors (Lipinski definition) is 1. The summed E-state index contributed by atoms with van der Waals surface area (Å²) in [5.74, 6) is 1.74. The highest BCUT2D eigenvalue weighted by molar-refractivity contribution is 6.31. The van der Waals surface area contributed by atoms with Crippen LogP contribution < -0.4 is 15.4 Å². The Morgan fingerprint density at radius 1 is 1.00 bits per heavy atom. The first-order valence-electron chi connectivity index (χ1n) is 13.7. The fourth-order valence-electron chi connectivity index (χ4n) is 6.03. The van der Waals surface area contributed by atoms with Crippen LogP contribution in [0.1, 0.15) is 54.6 Å². The molecule has 1 amide bonds. The number of ether oxygens (including phenoxy) is 1. The van der Waals surface area contributed by atoms with Crippen molar-refractivity contribution >= 4 is 23.3 Å². The Morgan fingerprint density at radius 2 is 1.74 bits per heavy atom. The molecule has 2 saturated heterocycles. The normalized spacial score (nSPS) is 23.6. The van der Waals surface area contributed by atoms with Gasteiger partial charge in [0.25, 0.3) is 5.91 Å². The Bertz CT molecular complexity index is 1130. The number of nitrogens with zero attached hydrogens (tertiary/aromatic N) is 6. The summed E-state index contributed by atoms with van der Waals surface area (Å²) in [6, 6.07) is 11.6. The van der Waals surface area contributed by atoms with E-state index < -0.39 is 5.91 Å². The van der Waals surface area contributed by atoms with Gasteiger partial charge in [-0.2, -0.15) is 5.26 Å². The minimum atomic E-state index is -0.546. The first kappa shape index (κ1) is 26.7. The molecule has 3 aliphatic rings. The number of primary amides is 1. The van der Waals surface area contributed by atoms with Gasteiger partial charge in [-0.15, -0.1) is 10.2 Å². The van der Waals surface area contributed by atoms with E-state index in [2.05, 4.69) is 31.0 Å². The van der Waals surface area contributed by atoms with E-state index in [1.165, 1.54) is 6.54 Å². The predicted molar refractivity (Wildman–Crippen MR) is 146 cm³/mol. The Kier molecular flexibility index (Phi) is 8.62. The van der Waals surface area contributed by atoms with Crippen LogP contribution in [0.3, 0.4) is 0 Å². The van der Waals surface area contributed by atoms with Crippen LogP contribution in [-0.2, 0) is 0 Å². The van der Waals surface area contributed by atoms with Crippen LogP contribution in [0.2, 0.25) is 5.02 Å². The van der Waals surface area contributed by atoms with E-state index in [1.54, 1.807) is 18.2 Å². The lowest BCUT2D eigenvalue weighted by molar-refractivity contribution is 0.0458. The second-order valence-corrected chi connectivity index (χ2v) is 11.1. The molecule has 10 heteroatoms. The van der Waals surface area contributed by atoms with E-state index in [0.717, 1.165) is 89.4 Å². The summed E-state index contributed by atoms with van der Waals surface area (Å²) in [6.07, 6.45) is 6.94. The Balaban J connectivity index is 0.999. The van der Waals surface area contributed by atoms with Crippen molar-refractivity contribution in [1.29, 1.82) is 5.26 Å². The lowest BCUT2D eigenvalue weighted by atomic mass is 9.91. The number of aromatic nitrogens is 2. The number of benzene rings is 1. The number of carbonyl (C=O) groups excluding carboxylic acids is 1. The molecule has 2 aromatic rings. The summed E-state index contributed by atoms with van der Waals surface area (Å²) >= 11 is 6.16. The molecule has 2 N–H and O–H groups in total. The van der Waals surface area contributed by atoms with E-state index in [1.807, 2.05) is 12.1 Å². The number of amides is 1. The molecular weight excluding hydrogens is 502 g/mol. The van der Waals surface area contributed by atoms with Gasteiger partial charge in [-0.05, 0) is 68.7 Å². The topological polar surface area (TPSA) is 112 Å². The van der Waals surface area contributed by atoms with Crippen molar-refractivity contribution < 1.29 is 9.53 Å². The number of anilines is 1. The Hall–Kier alpha value is -2.93. The summed E-state index contributed by atoms with van der Waals surface area (Å²) < 4.78 is 6.17. The highest BCUT2D eigenvalue weighted by Gasteiger charge is 2.30. The van der Waals surface area contributed by atoms with Crippen LogP contribution in [0, 0.1) is 17.2 Å². The molecule has 0 bridgehead atoms. The molecule has 0 spiro atoms. The van der Waals surface area contributed by atoms with Crippen LogP contribution in [0.15, 0.2) is 30.3 Å². The number of halogens is 1. The van der Waals surface area contributed by atoms with Gasteiger partial charge in [0.05, 0.1) is 16.7 Å². The Morgan fingerprint density at radius 3 is 2.34 bits per heavy atom. The quantitative estimate of drug-likeness (QED) is 0.572. The predicted octanol–water partition coefficient (Wildman–Crippen LogP) is 3.32. The largest absolute Gasteiger partial charge is 0.490 e. The van der Waals surface area contributed by atoms with Crippen molar-refractivity contribution in [2.45, 2.75) is 50.7 Å². The maximum Gasteiger partial charge on any atom is 0.269 e. The lowest BCUT2D eigenvalue weighted by Gasteiger charge is -2.43. The summed E-state index contributed by atoms with van der Waals surface area (Å²) in [4.78, 5) is 18.8. The minimum Gasteiger partial charge on any atom is -0.490 e. The summed E-state index contributed by atoms with van der Waals surface area (Å²) in [5.41, 5.74) is 5.95. The number of piperazine rings is 1. The number of hydrogen-bond acceptors (Lipinski definition) is 8. The molecule has 9 nitrogen and oxygen atoms in total. The average molecular weight is 538 g/mol. The molecular formula is C28H36ClN7O2. The zero-order chi connectivity index (χ0) is 26.5. The maximum absolute atomic E-state index is 11.2. The van der Waals surface area contributed by atoms with E-state index in [-0.39, 0.29) is 11.8 Å². The highest BCUT2D eigenvalue weighted by Crippen LogP contribution is 2.30. The second-order valence-electron chi connectivity index (χ2n) is 10.7. The standard InChI is InChI=1S/C28H36ClN7O2/c29-25-17-24(4-1-21(25)18-30)38-23-5-2-22(3-6-23)35-15-13-34(14-16-35)19-20-9-11-36(12-10-20)27-8-7-26(28(31)37)32-33-27/h1,4,7-8,17,20,22-23H,2-3,5-6,9-16,19H2,(H2,31,37). The molecule has 1 saturated carbocycles. The third-order valence-electron chi connectivity index (χ3n) is 8.29. The molecule has 1 aromatic carbocycles. The van der Waals surface area contributed by atoms with E-state index >= 15 is 0 Å². The van der Waals surface area contributed by atoms with Gasteiger partial charge in [-0.3, -0.25) is 9.69 Å². The lowest BCUT2D eigenvalue weighted by Crippen LogP contribution is -2.52. The third kappa shape index (κ3) is 6.55. The molecule has 1 aliphatic carbocycles. The molecule has 202 valence electrons.